The molecule has 8 nitrogen and oxygen atoms in total. The lowest BCUT2D eigenvalue weighted by atomic mass is 9.89. The van der Waals surface area contributed by atoms with E-state index in [1.165, 1.54) is 32.1 Å². The molecule has 3 aliphatic rings. The third-order valence-corrected chi connectivity index (χ3v) is 6.36. The lowest BCUT2D eigenvalue weighted by Crippen LogP contribution is -2.55. The monoisotopic (exact) mass is 414 g/mol. The van der Waals surface area contributed by atoms with Gasteiger partial charge in [0.2, 0.25) is 5.91 Å². The zero-order valence-electron chi connectivity index (χ0n) is 17.2. The molecule has 4 N–H and O–H groups in total. The first kappa shape index (κ1) is 20.8. The van der Waals surface area contributed by atoms with Crippen LogP contribution in [0.25, 0.3) is 0 Å². The number of fused-ring (bicyclic) bond motifs is 1. The Labute approximate surface area is 176 Å². The standard InChI is InChI=1S/C22H30N4O4/c27-18-10-9-17(20(28)25-18)26-21(29)15-7-4-8-16(19(15)22(26)30)24-12-11-23-13-14-5-2-1-3-6-14/h4,7-8,14,17-18,23-24,27H,1-3,5-6,9-13H2,(H,25,28). The van der Waals surface area contributed by atoms with Crippen LogP contribution in [0.4, 0.5) is 5.69 Å². The Morgan fingerprint density at radius 1 is 1.00 bits per heavy atom. The van der Waals surface area contributed by atoms with Crippen molar-refractivity contribution in [3.8, 4) is 0 Å². The Bertz CT molecular complexity index is 821. The normalized spacial score (nSPS) is 24.7. The number of piperidine rings is 1. The second-order valence-electron chi connectivity index (χ2n) is 8.46. The van der Waals surface area contributed by atoms with Crippen LogP contribution < -0.4 is 16.0 Å². The Balaban J connectivity index is 1.37. The molecule has 1 aromatic rings. The first-order chi connectivity index (χ1) is 14.6. The Hall–Kier alpha value is -2.45. The third kappa shape index (κ3) is 4.20. The highest BCUT2D eigenvalue weighted by atomic mass is 16.3. The number of imide groups is 1. The molecule has 2 heterocycles. The van der Waals surface area contributed by atoms with E-state index < -0.39 is 30.0 Å². The number of amides is 3. The second-order valence-corrected chi connectivity index (χ2v) is 8.46. The topological polar surface area (TPSA) is 111 Å². The van der Waals surface area contributed by atoms with Crippen molar-refractivity contribution in [2.75, 3.05) is 25.0 Å². The van der Waals surface area contributed by atoms with Crippen LogP contribution in [0.3, 0.4) is 0 Å². The molecule has 0 spiro atoms. The summed E-state index contributed by atoms with van der Waals surface area (Å²) < 4.78 is 0. The fourth-order valence-corrected chi connectivity index (χ4v) is 4.74. The van der Waals surface area contributed by atoms with Gasteiger partial charge in [0.25, 0.3) is 11.8 Å². The van der Waals surface area contributed by atoms with Gasteiger partial charge in [-0.1, -0.05) is 25.3 Å². The molecule has 0 radical (unpaired) electrons. The van der Waals surface area contributed by atoms with Crippen LogP contribution in [-0.2, 0) is 4.79 Å². The maximum atomic E-state index is 13.1. The van der Waals surface area contributed by atoms with Gasteiger partial charge in [-0.25, -0.2) is 0 Å². The fourth-order valence-electron chi connectivity index (χ4n) is 4.74. The van der Waals surface area contributed by atoms with Gasteiger partial charge in [-0.15, -0.1) is 0 Å². The fraction of sp³-hybridized carbons (Fsp3) is 0.591. The SMILES string of the molecule is O=C1NC(O)CCC1N1C(=O)c2cccc(NCCNCC3CCCCC3)c2C1=O. The first-order valence-corrected chi connectivity index (χ1v) is 11.0. The molecule has 162 valence electrons. The second kappa shape index (κ2) is 9.14. The maximum Gasteiger partial charge on any atom is 0.264 e. The van der Waals surface area contributed by atoms with E-state index in [1.807, 2.05) is 0 Å². The van der Waals surface area contributed by atoms with Crippen LogP contribution >= 0.6 is 0 Å². The molecule has 3 amide bonds. The molecule has 2 aliphatic heterocycles. The van der Waals surface area contributed by atoms with Crippen LogP contribution in [0.15, 0.2) is 18.2 Å². The molecule has 2 unspecified atom stereocenters. The van der Waals surface area contributed by atoms with Crippen molar-refractivity contribution in [3.05, 3.63) is 29.3 Å². The van der Waals surface area contributed by atoms with Crippen molar-refractivity contribution in [1.29, 1.82) is 0 Å². The summed E-state index contributed by atoms with van der Waals surface area (Å²) in [6.07, 6.45) is 6.23. The van der Waals surface area contributed by atoms with Crippen LogP contribution in [0.5, 0.6) is 0 Å². The number of hydrogen-bond acceptors (Lipinski definition) is 6. The molecule has 1 aliphatic carbocycles. The summed E-state index contributed by atoms with van der Waals surface area (Å²) in [6, 6.07) is 4.28. The molecular formula is C22H30N4O4. The summed E-state index contributed by atoms with van der Waals surface area (Å²) in [7, 11) is 0. The average molecular weight is 415 g/mol. The number of carbonyl (C=O) groups excluding carboxylic acids is 3. The van der Waals surface area contributed by atoms with Crippen LogP contribution in [0, 0.1) is 5.92 Å². The highest BCUT2D eigenvalue weighted by Crippen LogP contribution is 2.32. The van der Waals surface area contributed by atoms with E-state index in [0.717, 1.165) is 23.9 Å². The summed E-state index contributed by atoms with van der Waals surface area (Å²) in [5, 5.41) is 18.7. The van der Waals surface area contributed by atoms with E-state index in [9.17, 15) is 19.5 Å². The lowest BCUT2D eigenvalue weighted by Gasteiger charge is -2.31. The van der Waals surface area contributed by atoms with Crippen LogP contribution in [-0.4, -0.2) is 59.6 Å². The number of hydrogen-bond donors (Lipinski definition) is 4. The summed E-state index contributed by atoms with van der Waals surface area (Å²) >= 11 is 0. The summed E-state index contributed by atoms with van der Waals surface area (Å²) in [6.45, 7) is 2.43. The third-order valence-electron chi connectivity index (χ3n) is 6.36. The predicted molar refractivity (Wildman–Crippen MR) is 112 cm³/mol. The minimum Gasteiger partial charge on any atom is -0.383 e. The summed E-state index contributed by atoms with van der Waals surface area (Å²) in [5.74, 6) is -0.646. The number of rotatable bonds is 7. The largest absolute Gasteiger partial charge is 0.383 e. The number of anilines is 1. The van der Waals surface area contributed by atoms with Gasteiger partial charge in [-0.3, -0.25) is 19.3 Å². The molecule has 2 atom stereocenters. The van der Waals surface area contributed by atoms with Gasteiger partial charge in [0.1, 0.15) is 12.3 Å². The van der Waals surface area contributed by atoms with E-state index in [0.29, 0.717) is 29.8 Å². The lowest BCUT2D eigenvalue weighted by molar-refractivity contribution is -0.131. The predicted octanol–water partition coefficient (Wildman–Crippen LogP) is 1.46. The zero-order chi connectivity index (χ0) is 21.1. The minimum absolute atomic E-state index is 0.256. The molecule has 0 aromatic heterocycles. The van der Waals surface area contributed by atoms with Gasteiger partial charge in [-0.2, -0.15) is 0 Å². The van der Waals surface area contributed by atoms with Crippen molar-refractivity contribution in [2.24, 2.45) is 5.92 Å². The average Bonchev–Trinajstić information content (AvgIpc) is 3.00. The Morgan fingerprint density at radius 2 is 1.80 bits per heavy atom. The molecule has 0 bridgehead atoms. The van der Waals surface area contributed by atoms with Crippen molar-refractivity contribution < 1.29 is 19.5 Å². The van der Waals surface area contributed by atoms with Gasteiger partial charge in [0.05, 0.1) is 11.1 Å². The molecule has 8 heteroatoms. The number of carbonyl (C=O) groups is 3. The number of benzene rings is 1. The van der Waals surface area contributed by atoms with Crippen molar-refractivity contribution >= 4 is 23.4 Å². The molecule has 1 aromatic carbocycles. The number of aliphatic hydroxyl groups excluding tert-OH is 1. The van der Waals surface area contributed by atoms with Gasteiger partial charge >= 0.3 is 0 Å². The summed E-state index contributed by atoms with van der Waals surface area (Å²) in [5.41, 5.74) is 1.26. The smallest absolute Gasteiger partial charge is 0.264 e. The van der Waals surface area contributed by atoms with E-state index in [-0.39, 0.29) is 6.42 Å². The zero-order valence-corrected chi connectivity index (χ0v) is 17.2. The van der Waals surface area contributed by atoms with E-state index in [4.69, 9.17) is 0 Å². The number of nitrogens with one attached hydrogen (secondary N) is 3. The maximum absolute atomic E-state index is 13.1. The van der Waals surface area contributed by atoms with Crippen LogP contribution in [0.1, 0.15) is 65.7 Å². The highest BCUT2D eigenvalue weighted by molar-refractivity contribution is 6.25. The number of aliphatic hydroxyl groups is 1. The Kier molecular flexibility index (Phi) is 6.34. The molecule has 30 heavy (non-hydrogen) atoms. The van der Waals surface area contributed by atoms with Crippen LogP contribution in [0.2, 0.25) is 0 Å². The van der Waals surface area contributed by atoms with Crippen molar-refractivity contribution in [3.63, 3.8) is 0 Å². The molecule has 1 saturated heterocycles. The Morgan fingerprint density at radius 3 is 2.57 bits per heavy atom. The van der Waals surface area contributed by atoms with Gasteiger partial charge in [0, 0.05) is 18.8 Å². The molecule has 2 fully saturated rings. The van der Waals surface area contributed by atoms with Gasteiger partial charge in [-0.05, 0) is 50.3 Å². The van der Waals surface area contributed by atoms with E-state index >= 15 is 0 Å². The summed E-state index contributed by atoms with van der Waals surface area (Å²) in [4.78, 5) is 39.2. The molecule has 1 saturated carbocycles. The molecule has 4 rings (SSSR count). The van der Waals surface area contributed by atoms with E-state index in [1.54, 1.807) is 18.2 Å². The van der Waals surface area contributed by atoms with Gasteiger partial charge in [0.15, 0.2) is 0 Å². The van der Waals surface area contributed by atoms with E-state index in [2.05, 4.69) is 16.0 Å². The van der Waals surface area contributed by atoms with Gasteiger partial charge < -0.3 is 21.1 Å². The molecular weight excluding hydrogens is 384 g/mol. The quantitative estimate of drug-likeness (QED) is 0.397. The van der Waals surface area contributed by atoms with Crippen molar-refractivity contribution in [1.82, 2.24) is 15.5 Å². The first-order valence-electron chi connectivity index (χ1n) is 11.0. The van der Waals surface area contributed by atoms with Crippen molar-refractivity contribution in [2.45, 2.75) is 57.2 Å². The number of nitrogens with zero attached hydrogens (tertiary/aromatic N) is 1. The highest BCUT2D eigenvalue weighted by Gasteiger charge is 2.45. The minimum atomic E-state index is -0.928.